The zero-order valence-electron chi connectivity index (χ0n) is 14.6. The summed E-state index contributed by atoms with van der Waals surface area (Å²) >= 11 is 3.47. The summed E-state index contributed by atoms with van der Waals surface area (Å²) in [5, 5.41) is 18.5. The van der Waals surface area contributed by atoms with E-state index in [9.17, 15) is 5.26 Å². The minimum Gasteiger partial charge on any atom is -0.455 e. The van der Waals surface area contributed by atoms with E-state index in [1.54, 1.807) is 36.7 Å². The fraction of sp³-hybridized carbons (Fsp3) is 0.100. The van der Waals surface area contributed by atoms with E-state index in [1.807, 2.05) is 13.8 Å². The van der Waals surface area contributed by atoms with Gasteiger partial charge in [0.2, 0.25) is 0 Å². The minimum absolute atomic E-state index is 0.242. The summed E-state index contributed by atoms with van der Waals surface area (Å²) in [5.41, 5.74) is 9.37. The van der Waals surface area contributed by atoms with Crippen molar-refractivity contribution in [1.82, 2.24) is 9.97 Å². The number of rotatable bonds is 3. The lowest BCUT2D eigenvalue weighted by Gasteiger charge is -2.18. The molecule has 0 spiro atoms. The van der Waals surface area contributed by atoms with Crippen molar-refractivity contribution >= 4 is 21.6 Å². The monoisotopic (exact) mass is 419 g/mol. The number of benzene rings is 2. The molecule has 1 aromatic heterocycles. The molecule has 132 valence electrons. The van der Waals surface area contributed by atoms with E-state index >= 15 is 0 Å². The molecule has 0 saturated heterocycles. The summed E-state index contributed by atoms with van der Waals surface area (Å²) in [6.45, 7) is 3.73. The van der Waals surface area contributed by atoms with Crippen molar-refractivity contribution in [2.45, 2.75) is 13.8 Å². The van der Waals surface area contributed by atoms with Crippen molar-refractivity contribution in [3.63, 3.8) is 0 Å². The molecule has 2 aromatic carbocycles. The Bertz CT molecular complexity index is 1090. The van der Waals surface area contributed by atoms with Crippen molar-refractivity contribution in [3.05, 3.63) is 63.4 Å². The van der Waals surface area contributed by atoms with Crippen molar-refractivity contribution < 1.29 is 4.74 Å². The van der Waals surface area contributed by atoms with Gasteiger partial charge in [-0.1, -0.05) is 0 Å². The Labute approximate surface area is 165 Å². The standard InChI is InChI=1S/C20H14BrN5O/c1-11-6-13(9-22)7-12(2)18(11)27-19-15(21)8-14(10-23)17(24)16(19)20-25-4-3-5-26-20/h3-8H,24H2,1-2H3. The first-order valence-corrected chi connectivity index (χ1v) is 8.74. The predicted molar refractivity (Wildman–Crippen MR) is 105 cm³/mol. The van der Waals surface area contributed by atoms with E-state index < -0.39 is 0 Å². The number of nitrogens with zero attached hydrogens (tertiary/aromatic N) is 4. The molecule has 3 rings (SSSR count). The highest BCUT2D eigenvalue weighted by Gasteiger charge is 2.22. The number of aryl methyl sites for hydroxylation is 2. The Morgan fingerprint density at radius 2 is 1.63 bits per heavy atom. The third kappa shape index (κ3) is 3.46. The first-order chi connectivity index (χ1) is 13.0. The number of nitrogens with two attached hydrogens (primary N) is 1. The van der Waals surface area contributed by atoms with Gasteiger partial charge < -0.3 is 10.5 Å². The van der Waals surface area contributed by atoms with Gasteiger partial charge in [0.05, 0.1) is 32.9 Å². The van der Waals surface area contributed by atoms with Crippen molar-refractivity contribution in [2.75, 3.05) is 5.73 Å². The number of aromatic nitrogens is 2. The molecule has 0 unspecified atom stereocenters. The smallest absolute Gasteiger partial charge is 0.165 e. The summed E-state index contributed by atoms with van der Waals surface area (Å²) < 4.78 is 6.76. The number of ether oxygens (including phenoxy) is 1. The Balaban J connectivity index is 2.25. The van der Waals surface area contributed by atoms with Gasteiger partial charge in [0.15, 0.2) is 11.6 Å². The highest BCUT2D eigenvalue weighted by atomic mass is 79.9. The topological polar surface area (TPSA) is 109 Å². The normalized spacial score (nSPS) is 10.1. The van der Waals surface area contributed by atoms with E-state index in [0.29, 0.717) is 38.5 Å². The van der Waals surface area contributed by atoms with Gasteiger partial charge in [-0.15, -0.1) is 0 Å². The third-order valence-corrected chi connectivity index (χ3v) is 4.57. The maximum absolute atomic E-state index is 9.38. The van der Waals surface area contributed by atoms with Crippen LogP contribution in [0.25, 0.3) is 11.4 Å². The first kappa shape index (κ1) is 18.4. The van der Waals surface area contributed by atoms with Gasteiger partial charge in [-0.05, 0) is 65.2 Å². The van der Waals surface area contributed by atoms with Crippen LogP contribution in [0.2, 0.25) is 0 Å². The molecule has 0 atom stereocenters. The zero-order valence-corrected chi connectivity index (χ0v) is 16.2. The molecule has 2 N–H and O–H groups in total. The van der Waals surface area contributed by atoms with Crippen LogP contribution in [-0.4, -0.2) is 9.97 Å². The number of hydrogen-bond acceptors (Lipinski definition) is 6. The van der Waals surface area contributed by atoms with Crippen LogP contribution in [0.1, 0.15) is 22.3 Å². The number of nitrogen functional groups attached to an aromatic ring is 1. The lowest BCUT2D eigenvalue weighted by atomic mass is 10.0. The Morgan fingerprint density at radius 1 is 1.00 bits per heavy atom. The second-order valence-corrected chi connectivity index (χ2v) is 6.72. The summed E-state index contributed by atoms with van der Waals surface area (Å²) in [6, 6.07) is 11.0. The van der Waals surface area contributed by atoms with E-state index in [0.717, 1.165) is 11.1 Å². The number of anilines is 1. The number of hydrogen-bond donors (Lipinski definition) is 1. The quantitative estimate of drug-likeness (QED) is 0.619. The largest absolute Gasteiger partial charge is 0.455 e. The summed E-state index contributed by atoms with van der Waals surface area (Å²) in [6.07, 6.45) is 3.19. The van der Waals surface area contributed by atoms with Gasteiger partial charge in [0.25, 0.3) is 0 Å². The molecule has 0 aliphatic carbocycles. The molecular weight excluding hydrogens is 406 g/mol. The Morgan fingerprint density at radius 3 is 2.19 bits per heavy atom. The van der Waals surface area contributed by atoms with Crippen LogP contribution in [0.15, 0.2) is 41.1 Å². The van der Waals surface area contributed by atoms with Crippen LogP contribution in [0.3, 0.4) is 0 Å². The summed E-state index contributed by atoms with van der Waals surface area (Å²) in [4.78, 5) is 8.51. The van der Waals surface area contributed by atoms with Crippen LogP contribution in [-0.2, 0) is 0 Å². The predicted octanol–water partition coefficient (Wildman–Crippen LogP) is 4.64. The molecule has 0 radical (unpaired) electrons. The molecule has 0 bridgehead atoms. The van der Waals surface area contributed by atoms with Crippen LogP contribution in [0.4, 0.5) is 5.69 Å². The molecule has 0 saturated carbocycles. The molecule has 3 aromatic rings. The lowest BCUT2D eigenvalue weighted by Crippen LogP contribution is -2.02. The molecule has 6 nitrogen and oxygen atoms in total. The second kappa shape index (κ2) is 7.45. The molecule has 7 heteroatoms. The SMILES string of the molecule is Cc1cc(C#N)cc(C)c1Oc1c(Br)cc(C#N)c(N)c1-c1ncccn1. The van der Waals surface area contributed by atoms with Crippen molar-refractivity contribution in [1.29, 1.82) is 10.5 Å². The second-order valence-electron chi connectivity index (χ2n) is 5.86. The van der Waals surface area contributed by atoms with E-state index in [-0.39, 0.29) is 5.69 Å². The Hall–Kier alpha value is -3.42. The van der Waals surface area contributed by atoms with Crippen LogP contribution < -0.4 is 10.5 Å². The summed E-state index contributed by atoms with van der Waals surface area (Å²) in [5.74, 6) is 1.37. The van der Waals surface area contributed by atoms with Crippen molar-refractivity contribution in [2.24, 2.45) is 0 Å². The van der Waals surface area contributed by atoms with Gasteiger partial charge in [0, 0.05) is 12.4 Å². The number of nitriles is 2. The molecule has 0 amide bonds. The van der Waals surface area contributed by atoms with E-state index in [2.05, 4.69) is 38.0 Å². The van der Waals surface area contributed by atoms with Crippen LogP contribution >= 0.6 is 15.9 Å². The minimum atomic E-state index is 0.242. The average Bonchev–Trinajstić information content (AvgIpc) is 2.67. The fourth-order valence-electron chi connectivity index (χ4n) is 2.77. The van der Waals surface area contributed by atoms with Gasteiger partial charge in [0.1, 0.15) is 11.8 Å². The molecule has 0 fully saturated rings. The lowest BCUT2D eigenvalue weighted by molar-refractivity contribution is 0.473. The molecule has 1 heterocycles. The van der Waals surface area contributed by atoms with Crippen LogP contribution in [0.5, 0.6) is 11.5 Å². The molecule has 0 aliphatic heterocycles. The fourth-order valence-corrected chi connectivity index (χ4v) is 3.27. The molecule has 0 aliphatic rings. The highest BCUT2D eigenvalue weighted by Crippen LogP contribution is 2.44. The van der Waals surface area contributed by atoms with Gasteiger partial charge in [-0.25, -0.2) is 9.97 Å². The highest BCUT2D eigenvalue weighted by molar-refractivity contribution is 9.10. The van der Waals surface area contributed by atoms with Gasteiger partial charge in [-0.2, -0.15) is 10.5 Å². The third-order valence-electron chi connectivity index (χ3n) is 3.98. The first-order valence-electron chi connectivity index (χ1n) is 7.95. The van der Waals surface area contributed by atoms with Crippen molar-refractivity contribution in [3.8, 4) is 35.0 Å². The Kier molecular flexibility index (Phi) is 5.07. The maximum Gasteiger partial charge on any atom is 0.165 e. The van der Waals surface area contributed by atoms with E-state index in [4.69, 9.17) is 15.7 Å². The number of halogens is 1. The van der Waals surface area contributed by atoms with Gasteiger partial charge >= 0.3 is 0 Å². The average molecular weight is 420 g/mol. The summed E-state index contributed by atoms with van der Waals surface area (Å²) in [7, 11) is 0. The maximum atomic E-state index is 9.38. The van der Waals surface area contributed by atoms with E-state index in [1.165, 1.54) is 0 Å². The van der Waals surface area contributed by atoms with Crippen LogP contribution in [0, 0.1) is 36.5 Å². The zero-order chi connectivity index (χ0) is 19.6. The molecule has 27 heavy (non-hydrogen) atoms. The van der Waals surface area contributed by atoms with Gasteiger partial charge in [-0.3, -0.25) is 0 Å². The molecular formula is C20H14BrN5O.